The van der Waals surface area contributed by atoms with Crippen molar-refractivity contribution in [1.29, 1.82) is 0 Å². The second-order valence-electron chi connectivity index (χ2n) is 7.65. The average Bonchev–Trinajstić information content (AvgIpc) is 3.01. The van der Waals surface area contributed by atoms with Gasteiger partial charge in [0.1, 0.15) is 5.60 Å². The number of fused-ring (bicyclic) bond motifs is 1. The molecule has 3 rings (SSSR count). The van der Waals surface area contributed by atoms with Crippen molar-refractivity contribution in [3.63, 3.8) is 0 Å². The van der Waals surface area contributed by atoms with Gasteiger partial charge in [-0.15, -0.1) is 0 Å². The van der Waals surface area contributed by atoms with E-state index in [0.717, 1.165) is 12.8 Å². The highest BCUT2D eigenvalue weighted by Gasteiger charge is 2.42. The van der Waals surface area contributed by atoms with Gasteiger partial charge in [0, 0.05) is 12.5 Å². The molecule has 2 atom stereocenters. The lowest BCUT2D eigenvalue weighted by atomic mass is 10.0. The maximum Gasteiger partial charge on any atom is 0.306 e. The fraction of sp³-hybridized carbons (Fsp3) is 0.526. The van der Waals surface area contributed by atoms with Crippen LogP contribution < -0.4 is 0 Å². The Hall–Kier alpha value is -2.17. The van der Waals surface area contributed by atoms with Crippen molar-refractivity contribution in [2.24, 2.45) is 5.92 Å². The molecule has 5 heteroatoms. The van der Waals surface area contributed by atoms with E-state index in [-0.39, 0.29) is 29.7 Å². The zero-order valence-electron chi connectivity index (χ0n) is 14.4. The van der Waals surface area contributed by atoms with Crippen LogP contribution in [0, 0.1) is 5.92 Å². The zero-order chi connectivity index (χ0) is 17.5. The van der Waals surface area contributed by atoms with Gasteiger partial charge in [0.25, 0.3) is 11.8 Å². The molecule has 1 fully saturated rings. The van der Waals surface area contributed by atoms with E-state index in [9.17, 15) is 14.4 Å². The van der Waals surface area contributed by atoms with Crippen molar-refractivity contribution >= 4 is 17.8 Å². The first-order chi connectivity index (χ1) is 11.3. The first kappa shape index (κ1) is 16.7. The van der Waals surface area contributed by atoms with Crippen LogP contribution in [0.3, 0.4) is 0 Å². The molecule has 1 saturated carbocycles. The number of ether oxygens (including phenoxy) is 1. The molecular weight excluding hydrogens is 306 g/mol. The van der Waals surface area contributed by atoms with Crippen LogP contribution in [0.25, 0.3) is 0 Å². The molecule has 1 aromatic carbocycles. The van der Waals surface area contributed by atoms with Gasteiger partial charge in [-0.3, -0.25) is 19.3 Å². The molecule has 0 bridgehead atoms. The van der Waals surface area contributed by atoms with Crippen molar-refractivity contribution in [2.45, 2.75) is 58.1 Å². The average molecular weight is 329 g/mol. The number of esters is 1. The minimum Gasteiger partial charge on any atom is -0.460 e. The molecule has 1 heterocycles. The smallest absolute Gasteiger partial charge is 0.306 e. The van der Waals surface area contributed by atoms with Crippen LogP contribution in [-0.4, -0.2) is 34.3 Å². The van der Waals surface area contributed by atoms with E-state index in [4.69, 9.17) is 4.74 Å². The molecule has 0 N–H and O–H groups in total. The van der Waals surface area contributed by atoms with Crippen molar-refractivity contribution in [2.75, 3.05) is 0 Å². The van der Waals surface area contributed by atoms with Gasteiger partial charge < -0.3 is 4.74 Å². The molecule has 1 aliphatic heterocycles. The molecule has 0 radical (unpaired) electrons. The van der Waals surface area contributed by atoms with Crippen molar-refractivity contribution in [1.82, 2.24) is 4.90 Å². The molecule has 24 heavy (non-hydrogen) atoms. The monoisotopic (exact) mass is 329 g/mol. The molecule has 128 valence electrons. The molecule has 0 aromatic heterocycles. The summed E-state index contributed by atoms with van der Waals surface area (Å²) in [5.41, 5.74) is 0.480. The Morgan fingerprint density at radius 2 is 1.71 bits per heavy atom. The molecule has 0 saturated heterocycles. The van der Waals surface area contributed by atoms with E-state index in [0.29, 0.717) is 24.0 Å². The second kappa shape index (κ2) is 6.04. The van der Waals surface area contributed by atoms with E-state index in [1.807, 2.05) is 20.8 Å². The van der Waals surface area contributed by atoms with Crippen LogP contribution in [0.4, 0.5) is 0 Å². The lowest BCUT2D eigenvalue weighted by molar-refractivity contribution is -0.155. The van der Waals surface area contributed by atoms with E-state index in [1.165, 1.54) is 4.90 Å². The standard InChI is InChI=1S/C19H23NO4/c1-19(2,3)24-16(21)11-12-8-9-13(10-12)20-17(22)14-6-4-5-7-15(14)18(20)23/h4-7,12-13H,8-11H2,1-3H3/t12-,13+/m1/s1. The SMILES string of the molecule is CC(C)(C)OC(=O)C[C@@H]1CC[C@H](N2C(=O)c3ccccc3C2=O)C1. The summed E-state index contributed by atoms with van der Waals surface area (Å²) in [5, 5.41) is 0. The van der Waals surface area contributed by atoms with Gasteiger partial charge in [-0.1, -0.05) is 12.1 Å². The maximum absolute atomic E-state index is 12.5. The van der Waals surface area contributed by atoms with Gasteiger partial charge >= 0.3 is 5.97 Å². The van der Waals surface area contributed by atoms with E-state index in [2.05, 4.69) is 0 Å². The molecule has 1 aliphatic carbocycles. The number of carbonyl (C=O) groups excluding carboxylic acids is 3. The summed E-state index contributed by atoms with van der Waals surface area (Å²) in [6, 6.07) is 6.82. The Kier molecular flexibility index (Phi) is 4.20. The number of nitrogens with zero attached hydrogens (tertiary/aromatic N) is 1. The summed E-state index contributed by atoms with van der Waals surface area (Å²) < 4.78 is 5.37. The summed E-state index contributed by atoms with van der Waals surface area (Å²) in [6.45, 7) is 5.55. The van der Waals surface area contributed by atoms with Crippen molar-refractivity contribution in [3.8, 4) is 0 Å². The van der Waals surface area contributed by atoms with Crippen molar-refractivity contribution < 1.29 is 19.1 Å². The molecule has 5 nitrogen and oxygen atoms in total. The topological polar surface area (TPSA) is 63.7 Å². The number of amides is 2. The second-order valence-corrected chi connectivity index (χ2v) is 7.65. The molecule has 2 amide bonds. The van der Waals surface area contributed by atoms with Gasteiger partial charge in [0.2, 0.25) is 0 Å². The summed E-state index contributed by atoms with van der Waals surface area (Å²) >= 11 is 0. The van der Waals surface area contributed by atoms with Crippen molar-refractivity contribution in [3.05, 3.63) is 35.4 Å². The Morgan fingerprint density at radius 1 is 1.12 bits per heavy atom. The van der Waals surface area contributed by atoms with Gasteiger partial charge in [-0.2, -0.15) is 0 Å². The Labute approximate surface area is 142 Å². The number of imide groups is 1. The highest BCUT2D eigenvalue weighted by atomic mass is 16.6. The largest absolute Gasteiger partial charge is 0.460 e. The number of rotatable bonds is 3. The van der Waals surface area contributed by atoms with Crippen LogP contribution in [0.15, 0.2) is 24.3 Å². The summed E-state index contributed by atoms with van der Waals surface area (Å²) in [7, 11) is 0. The highest BCUT2D eigenvalue weighted by Crippen LogP contribution is 2.36. The quantitative estimate of drug-likeness (QED) is 0.631. The van der Waals surface area contributed by atoms with Gasteiger partial charge in [0.05, 0.1) is 11.1 Å². The van der Waals surface area contributed by atoms with Crippen LogP contribution >= 0.6 is 0 Å². The third kappa shape index (κ3) is 3.21. The summed E-state index contributed by atoms with van der Waals surface area (Å²) in [6.07, 6.45) is 2.60. The van der Waals surface area contributed by atoms with Crippen LogP contribution in [0.5, 0.6) is 0 Å². The normalized spacial score (nSPS) is 23.5. The van der Waals surface area contributed by atoms with Gasteiger partial charge in [0.15, 0.2) is 0 Å². The number of hydrogen-bond acceptors (Lipinski definition) is 4. The third-order valence-electron chi connectivity index (χ3n) is 4.58. The molecule has 0 spiro atoms. The predicted octanol–water partition coefficient (Wildman–Crippen LogP) is 3.18. The van der Waals surface area contributed by atoms with Crippen LogP contribution in [0.2, 0.25) is 0 Å². The molecular formula is C19H23NO4. The Bertz CT molecular complexity index is 654. The number of hydrogen-bond donors (Lipinski definition) is 0. The van der Waals surface area contributed by atoms with Gasteiger partial charge in [-0.05, 0) is 58.1 Å². The number of carbonyl (C=O) groups is 3. The molecule has 0 unspecified atom stereocenters. The highest BCUT2D eigenvalue weighted by molar-refractivity contribution is 6.21. The fourth-order valence-corrected chi connectivity index (χ4v) is 3.63. The molecule has 1 aromatic rings. The van der Waals surface area contributed by atoms with E-state index in [1.54, 1.807) is 24.3 Å². The lowest BCUT2D eigenvalue weighted by Gasteiger charge is -2.23. The first-order valence-corrected chi connectivity index (χ1v) is 8.45. The van der Waals surface area contributed by atoms with Crippen LogP contribution in [-0.2, 0) is 9.53 Å². The lowest BCUT2D eigenvalue weighted by Crippen LogP contribution is -2.38. The predicted molar refractivity (Wildman–Crippen MR) is 88.5 cm³/mol. The maximum atomic E-state index is 12.5. The summed E-state index contributed by atoms with van der Waals surface area (Å²) in [5.74, 6) is -0.471. The van der Waals surface area contributed by atoms with E-state index >= 15 is 0 Å². The Balaban J connectivity index is 1.64. The summed E-state index contributed by atoms with van der Waals surface area (Å²) in [4.78, 5) is 38.4. The Morgan fingerprint density at radius 3 is 2.25 bits per heavy atom. The zero-order valence-corrected chi connectivity index (χ0v) is 14.4. The van der Waals surface area contributed by atoms with E-state index < -0.39 is 5.60 Å². The third-order valence-corrected chi connectivity index (χ3v) is 4.58. The van der Waals surface area contributed by atoms with Gasteiger partial charge in [-0.25, -0.2) is 0 Å². The fourth-order valence-electron chi connectivity index (χ4n) is 3.63. The minimum absolute atomic E-state index is 0.121. The molecule has 2 aliphatic rings. The first-order valence-electron chi connectivity index (χ1n) is 8.45. The van der Waals surface area contributed by atoms with Crippen LogP contribution in [0.1, 0.15) is 67.2 Å². The number of benzene rings is 1. The minimum atomic E-state index is -0.488.